The van der Waals surface area contributed by atoms with Crippen LogP contribution in [0.1, 0.15) is 51.7 Å². The SMILES string of the molecule is CC(C)C[C@@H](C(=O)NN)[C@@H](C(=O)NO)C(/C=C/c1ccccc1)(CC(C)C)S(=O)(=O)CCN.Cc1ccc(S(=O)(=O)O)cc1. The largest absolute Gasteiger partial charge is 0.329 e. The van der Waals surface area contributed by atoms with Gasteiger partial charge in [0.05, 0.1) is 22.5 Å². The first kappa shape index (κ1) is 38.9. The number of hydrogen-bond acceptors (Lipinski definition) is 9. The van der Waals surface area contributed by atoms with Crippen molar-refractivity contribution in [3.63, 3.8) is 0 Å². The number of carbonyl (C=O) groups excluding carboxylic acids is 2. The number of rotatable bonds is 14. The van der Waals surface area contributed by atoms with E-state index in [0.717, 1.165) is 11.1 Å². The molecule has 0 spiro atoms. The van der Waals surface area contributed by atoms with Gasteiger partial charge in [0.2, 0.25) is 11.8 Å². The van der Waals surface area contributed by atoms with E-state index >= 15 is 0 Å². The van der Waals surface area contributed by atoms with Crippen LogP contribution in [0.3, 0.4) is 0 Å². The number of hydrazine groups is 1. The Bertz CT molecular complexity index is 1450. The van der Waals surface area contributed by atoms with Gasteiger partial charge >= 0.3 is 0 Å². The maximum Gasteiger partial charge on any atom is 0.294 e. The quantitative estimate of drug-likeness (QED) is 0.0575. The summed E-state index contributed by atoms with van der Waals surface area (Å²) >= 11 is 0. The lowest BCUT2D eigenvalue weighted by Crippen LogP contribution is -2.58. The number of nitrogens with one attached hydrogen (secondary N) is 2. The van der Waals surface area contributed by atoms with Crippen LogP contribution in [0.5, 0.6) is 0 Å². The van der Waals surface area contributed by atoms with Gasteiger partial charge in [-0.2, -0.15) is 8.42 Å². The molecule has 12 nitrogen and oxygen atoms in total. The van der Waals surface area contributed by atoms with Crippen molar-refractivity contribution in [1.29, 1.82) is 0 Å². The molecule has 0 aliphatic carbocycles. The van der Waals surface area contributed by atoms with Gasteiger partial charge in [-0.25, -0.2) is 19.7 Å². The van der Waals surface area contributed by atoms with Gasteiger partial charge in [0.25, 0.3) is 10.1 Å². The number of carbonyl (C=O) groups is 2. The zero-order valence-electron chi connectivity index (χ0n) is 25.8. The number of hydroxylamine groups is 1. The first-order chi connectivity index (χ1) is 20.4. The minimum absolute atomic E-state index is 0.0310. The van der Waals surface area contributed by atoms with Gasteiger partial charge in [-0.05, 0) is 49.3 Å². The minimum atomic E-state index is -4.08. The fourth-order valence-corrected chi connectivity index (χ4v) is 7.73. The molecule has 0 radical (unpaired) electrons. The van der Waals surface area contributed by atoms with Crippen molar-refractivity contribution in [2.75, 3.05) is 12.3 Å². The number of amides is 2. The molecule has 44 heavy (non-hydrogen) atoms. The third-order valence-electron chi connectivity index (χ3n) is 6.90. The molecule has 2 rings (SSSR count). The highest BCUT2D eigenvalue weighted by molar-refractivity contribution is 7.93. The van der Waals surface area contributed by atoms with E-state index in [1.807, 2.05) is 40.7 Å². The smallest absolute Gasteiger partial charge is 0.294 e. The lowest BCUT2D eigenvalue weighted by molar-refractivity contribution is -0.142. The Morgan fingerprint density at radius 1 is 0.932 bits per heavy atom. The summed E-state index contributed by atoms with van der Waals surface area (Å²) in [5, 5.41) is 9.61. The Kier molecular flexibility index (Phi) is 15.4. The van der Waals surface area contributed by atoms with Gasteiger partial charge in [0.15, 0.2) is 9.84 Å². The molecule has 0 saturated heterocycles. The molecular formula is C30H46N4O8S2. The van der Waals surface area contributed by atoms with Gasteiger partial charge in [-0.15, -0.1) is 0 Å². The first-order valence-electron chi connectivity index (χ1n) is 14.1. The van der Waals surface area contributed by atoms with Crippen LogP contribution in [-0.4, -0.2) is 55.5 Å². The van der Waals surface area contributed by atoms with Crippen LogP contribution >= 0.6 is 0 Å². The molecule has 2 amide bonds. The molecule has 0 heterocycles. The van der Waals surface area contributed by atoms with E-state index in [1.165, 1.54) is 18.2 Å². The molecule has 2 aromatic rings. The molecule has 3 atom stereocenters. The van der Waals surface area contributed by atoms with E-state index in [9.17, 15) is 31.6 Å². The second-order valence-corrected chi connectivity index (χ2v) is 15.2. The summed E-state index contributed by atoms with van der Waals surface area (Å²) in [5.74, 6) is 0.576. The topological polar surface area (TPSA) is 219 Å². The van der Waals surface area contributed by atoms with Crippen molar-refractivity contribution in [3.05, 3.63) is 71.8 Å². The summed E-state index contributed by atoms with van der Waals surface area (Å²) in [6.45, 7) is 9.04. The summed E-state index contributed by atoms with van der Waals surface area (Å²) in [6, 6.07) is 15.0. The van der Waals surface area contributed by atoms with Crippen LogP contribution in [0.25, 0.3) is 6.08 Å². The molecule has 2 aromatic carbocycles. The lowest BCUT2D eigenvalue weighted by atomic mass is 9.72. The highest BCUT2D eigenvalue weighted by Gasteiger charge is 2.55. The minimum Gasteiger partial charge on any atom is -0.329 e. The summed E-state index contributed by atoms with van der Waals surface area (Å²) < 4.78 is 55.4. The van der Waals surface area contributed by atoms with Gasteiger partial charge < -0.3 is 5.73 Å². The standard InChI is InChI=1S/C23H38N4O5S.C7H8O3S/c1-16(2)14-19(21(28)26-25)20(22(29)27-30)23(15-17(3)4,33(31,32)13-12-24)11-10-18-8-6-5-7-9-18;1-6-2-4-7(5-3-6)11(8,9)10/h5-11,16-17,19-20,30H,12-15,24-25H2,1-4H3,(H,26,28)(H,27,29);2-5H,1H3,(H,8,9,10)/b11-10+;/t19-,20+,23?;/m1./s1. The van der Waals surface area contributed by atoms with Crippen LogP contribution < -0.4 is 22.5 Å². The molecule has 0 aliphatic heterocycles. The average molecular weight is 655 g/mol. The van der Waals surface area contributed by atoms with Crippen LogP contribution in [0, 0.1) is 30.6 Å². The Balaban J connectivity index is 0.000000733. The number of sulfone groups is 1. The van der Waals surface area contributed by atoms with Crippen LogP contribution in [0.4, 0.5) is 0 Å². The van der Waals surface area contributed by atoms with E-state index in [4.69, 9.17) is 16.1 Å². The van der Waals surface area contributed by atoms with Crippen molar-refractivity contribution in [2.24, 2.45) is 35.2 Å². The summed E-state index contributed by atoms with van der Waals surface area (Å²) in [4.78, 5) is 25.9. The number of aryl methyl sites for hydroxylation is 1. The Morgan fingerprint density at radius 3 is 1.93 bits per heavy atom. The Morgan fingerprint density at radius 2 is 1.50 bits per heavy atom. The molecule has 1 unspecified atom stereocenters. The zero-order chi connectivity index (χ0) is 33.7. The molecule has 0 aliphatic rings. The summed E-state index contributed by atoms with van der Waals surface area (Å²) in [5.41, 5.74) is 11.0. The molecular weight excluding hydrogens is 608 g/mol. The third-order valence-corrected chi connectivity index (χ3v) is 10.3. The fraction of sp³-hybridized carbons (Fsp3) is 0.467. The number of hydrogen-bond donors (Lipinski definition) is 6. The first-order valence-corrected chi connectivity index (χ1v) is 17.2. The van der Waals surface area contributed by atoms with E-state index in [1.54, 1.807) is 48.0 Å². The van der Waals surface area contributed by atoms with Gasteiger partial charge in [0, 0.05) is 6.54 Å². The van der Waals surface area contributed by atoms with E-state index in [-0.39, 0.29) is 36.1 Å². The average Bonchev–Trinajstić information content (AvgIpc) is 2.94. The summed E-state index contributed by atoms with van der Waals surface area (Å²) in [6.07, 6.45) is 3.31. The number of nitrogens with two attached hydrogens (primary N) is 2. The summed E-state index contributed by atoms with van der Waals surface area (Å²) in [7, 11) is -8.10. The van der Waals surface area contributed by atoms with Gasteiger partial charge in [0.1, 0.15) is 4.75 Å². The maximum absolute atomic E-state index is 13.8. The molecule has 14 heteroatoms. The van der Waals surface area contributed by atoms with Crippen molar-refractivity contribution < 1.29 is 36.2 Å². The van der Waals surface area contributed by atoms with Crippen LogP contribution in [0.15, 0.2) is 65.6 Å². The van der Waals surface area contributed by atoms with Crippen molar-refractivity contribution in [2.45, 2.75) is 57.1 Å². The highest BCUT2D eigenvalue weighted by atomic mass is 32.2. The Labute approximate surface area is 260 Å². The number of benzene rings is 2. The van der Waals surface area contributed by atoms with Gasteiger partial charge in [-0.3, -0.25) is 24.8 Å². The van der Waals surface area contributed by atoms with E-state index in [2.05, 4.69) is 5.43 Å². The highest BCUT2D eigenvalue weighted by Crippen LogP contribution is 2.42. The molecule has 0 aromatic heterocycles. The van der Waals surface area contributed by atoms with Crippen molar-refractivity contribution >= 4 is 37.8 Å². The predicted octanol–water partition coefficient (Wildman–Crippen LogP) is 2.87. The van der Waals surface area contributed by atoms with E-state index in [0.29, 0.717) is 0 Å². The normalized spacial score (nSPS) is 14.8. The lowest BCUT2D eigenvalue weighted by Gasteiger charge is -2.41. The second kappa shape index (κ2) is 17.4. The van der Waals surface area contributed by atoms with Crippen LogP contribution in [-0.2, 0) is 29.5 Å². The molecule has 0 bridgehead atoms. The molecule has 0 fully saturated rings. The molecule has 0 saturated carbocycles. The maximum atomic E-state index is 13.8. The van der Waals surface area contributed by atoms with Crippen molar-refractivity contribution in [3.8, 4) is 0 Å². The predicted molar refractivity (Wildman–Crippen MR) is 170 cm³/mol. The monoisotopic (exact) mass is 654 g/mol. The fourth-order valence-electron chi connectivity index (χ4n) is 5.04. The second-order valence-electron chi connectivity index (χ2n) is 11.4. The zero-order valence-corrected chi connectivity index (χ0v) is 27.4. The van der Waals surface area contributed by atoms with E-state index < -0.39 is 54.1 Å². The van der Waals surface area contributed by atoms with Crippen molar-refractivity contribution in [1.82, 2.24) is 10.9 Å². The van der Waals surface area contributed by atoms with Crippen LogP contribution in [0.2, 0.25) is 0 Å². The Hall–Kier alpha value is -3.14. The molecule has 246 valence electrons. The molecule has 8 N–H and O–H groups in total. The third kappa shape index (κ3) is 11.1. The van der Waals surface area contributed by atoms with Gasteiger partial charge in [-0.1, -0.05) is 87.9 Å².